The second-order valence-corrected chi connectivity index (χ2v) is 5.03. The fourth-order valence-electron chi connectivity index (χ4n) is 3.24. The monoisotopic (exact) mass is 240 g/mol. The van der Waals surface area contributed by atoms with Gasteiger partial charge in [0.1, 0.15) is 0 Å². The maximum Gasteiger partial charge on any atom is 0.209 e. The summed E-state index contributed by atoms with van der Waals surface area (Å²) in [4.78, 5) is 5.68. The molecule has 0 spiro atoms. The average Bonchev–Trinajstić information content (AvgIpc) is 2.39. The van der Waals surface area contributed by atoms with Gasteiger partial charge in [0.05, 0.1) is 0 Å². The van der Waals surface area contributed by atoms with Crippen molar-refractivity contribution in [3.8, 4) is 6.19 Å². The number of benzene rings is 1. The van der Waals surface area contributed by atoms with Crippen molar-refractivity contribution in [3.05, 3.63) is 34.9 Å². The normalized spacial score (nSPS) is 22.3. The number of aliphatic imine (C=N–C) groups is 1. The summed E-state index contributed by atoms with van der Waals surface area (Å²) in [7, 11) is 0. The van der Waals surface area contributed by atoms with Crippen molar-refractivity contribution in [2.45, 2.75) is 31.7 Å². The van der Waals surface area contributed by atoms with E-state index in [4.69, 9.17) is 11.0 Å². The van der Waals surface area contributed by atoms with E-state index in [0.717, 1.165) is 13.1 Å². The van der Waals surface area contributed by atoms with Crippen molar-refractivity contribution in [3.63, 3.8) is 0 Å². The molecule has 2 aliphatic rings. The Hall–Kier alpha value is -2.02. The Morgan fingerprint density at radius 1 is 1.44 bits per heavy atom. The highest BCUT2D eigenvalue weighted by molar-refractivity contribution is 5.79. The van der Waals surface area contributed by atoms with Crippen LogP contribution in [-0.2, 0) is 13.0 Å². The molecule has 1 atom stereocenters. The minimum absolute atomic E-state index is 0.346. The molecule has 18 heavy (non-hydrogen) atoms. The quantitative estimate of drug-likeness (QED) is 0.426. The lowest BCUT2D eigenvalue weighted by Crippen LogP contribution is -2.43. The molecule has 0 saturated heterocycles. The van der Waals surface area contributed by atoms with Crippen LogP contribution in [0, 0.1) is 11.5 Å². The third-order valence-corrected chi connectivity index (χ3v) is 3.98. The average molecular weight is 240 g/mol. The molecule has 1 heterocycles. The number of hydrogen-bond donors (Lipinski definition) is 1. The Bertz CT molecular complexity index is 541. The number of rotatable bonds is 0. The molecule has 0 radical (unpaired) electrons. The summed E-state index contributed by atoms with van der Waals surface area (Å²) in [5, 5.41) is 8.60. The van der Waals surface area contributed by atoms with Crippen LogP contribution in [0.5, 0.6) is 0 Å². The van der Waals surface area contributed by atoms with E-state index < -0.39 is 0 Å². The van der Waals surface area contributed by atoms with Gasteiger partial charge in [-0.05, 0) is 36.0 Å². The van der Waals surface area contributed by atoms with Crippen LogP contribution in [0.25, 0.3) is 0 Å². The van der Waals surface area contributed by atoms with Crippen LogP contribution in [0.1, 0.15) is 35.4 Å². The standard InChI is InChI=1S/C14H16N4/c15-9-17-14(16)18-7-11-5-1-3-10-4-2-6-12(8-18)13(10)11/h1,3,5,12H,2,4,6-8H2,(H2,16,17)/t12-/m0/s1. The fourth-order valence-corrected chi connectivity index (χ4v) is 3.24. The molecule has 2 N–H and O–H groups in total. The molecule has 4 nitrogen and oxygen atoms in total. The van der Waals surface area contributed by atoms with Crippen LogP contribution in [0.4, 0.5) is 0 Å². The topological polar surface area (TPSA) is 65.4 Å². The molecule has 0 saturated carbocycles. The van der Waals surface area contributed by atoms with Crippen LogP contribution < -0.4 is 5.73 Å². The Balaban J connectivity index is 1.99. The van der Waals surface area contributed by atoms with Gasteiger partial charge in [0.2, 0.25) is 12.2 Å². The number of hydrogen-bond acceptors (Lipinski definition) is 2. The van der Waals surface area contributed by atoms with Gasteiger partial charge in [0.25, 0.3) is 0 Å². The molecule has 0 aromatic heterocycles. The van der Waals surface area contributed by atoms with Crippen LogP contribution in [0.3, 0.4) is 0 Å². The number of nitriles is 1. The number of nitrogens with zero attached hydrogens (tertiary/aromatic N) is 3. The first kappa shape index (κ1) is 11.1. The fraction of sp³-hybridized carbons (Fsp3) is 0.429. The lowest BCUT2D eigenvalue weighted by molar-refractivity contribution is 0.326. The van der Waals surface area contributed by atoms with Crippen LogP contribution in [-0.4, -0.2) is 17.4 Å². The summed E-state index contributed by atoms with van der Waals surface area (Å²) in [6.07, 6.45) is 5.41. The number of aryl methyl sites for hydroxylation is 1. The van der Waals surface area contributed by atoms with E-state index in [1.165, 1.54) is 36.0 Å². The Labute approximate surface area is 107 Å². The van der Waals surface area contributed by atoms with Crippen molar-refractivity contribution in [2.75, 3.05) is 6.54 Å². The van der Waals surface area contributed by atoms with Crippen LogP contribution in [0.2, 0.25) is 0 Å². The molecule has 1 aromatic rings. The molecule has 1 aromatic carbocycles. The Morgan fingerprint density at radius 3 is 3.11 bits per heavy atom. The summed E-state index contributed by atoms with van der Waals surface area (Å²) >= 11 is 0. The molecule has 1 aliphatic heterocycles. The highest BCUT2D eigenvalue weighted by Gasteiger charge is 2.30. The third kappa shape index (κ3) is 1.72. The van der Waals surface area contributed by atoms with Crippen molar-refractivity contribution >= 4 is 5.96 Å². The van der Waals surface area contributed by atoms with Gasteiger partial charge in [-0.2, -0.15) is 5.26 Å². The largest absolute Gasteiger partial charge is 0.369 e. The van der Waals surface area contributed by atoms with E-state index in [9.17, 15) is 0 Å². The van der Waals surface area contributed by atoms with Gasteiger partial charge in [-0.15, -0.1) is 4.99 Å². The zero-order valence-corrected chi connectivity index (χ0v) is 10.3. The van der Waals surface area contributed by atoms with Crippen molar-refractivity contribution in [1.29, 1.82) is 5.26 Å². The first-order valence-electron chi connectivity index (χ1n) is 6.37. The van der Waals surface area contributed by atoms with Crippen molar-refractivity contribution < 1.29 is 0 Å². The Morgan fingerprint density at radius 2 is 2.28 bits per heavy atom. The summed E-state index contributed by atoms with van der Waals surface area (Å²) < 4.78 is 0. The van der Waals surface area contributed by atoms with Crippen LogP contribution in [0.15, 0.2) is 23.2 Å². The summed E-state index contributed by atoms with van der Waals surface area (Å²) in [5.74, 6) is 0.894. The maximum atomic E-state index is 8.60. The van der Waals surface area contributed by atoms with Gasteiger partial charge in [-0.1, -0.05) is 18.2 Å². The predicted octanol–water partition coefficient (Wildman–Crippen LogP) is 1.72. The maximum absolute atomic E-state index is 8.60. The number of guanidine groups is 1. The van der Waals surface area contributed by atoms with E-state index in [1.807, 2.05) is 4.90 Å². The van der Waals surface area contributed by atoms with Gasteiger partial charge in [0, 0.05) is 19.0 Å². The second-order valence-electron chi connectivity index (χ2n) is 5.03. The molecule has 3 rings (SSSR count). The zero-order valence-electron chi connectivity index (χ0n) is 10.3. The Kier molecular flexibility index (Phi) is 2.67. The molecule has 0 bridgehead atoms. The van der Waals surface area contributed by atoms with Gasteiger partial charge < -0.3 is 10.6 Å². The molecule has 4 heteroatoms. The summed E-state index contributed by atoms with van der Waals surface area (Å²) in [6.45, 7) is 1.66. The second kappa shape index (κ2) is 4.34. The first-order chi connectivity index (χ1) is 8.79. The summed E-state index contributed by atoms with van der Waals surface area (Å²) in [6, 6.07) is 6.54. The zero-order chi connectivity index (χ0) is 12.5. The summed E-state index contributed by atoms with van der Waals surface area (Å²) in [5.41, 5.74) is 10.2. The smallest absolute Gasteiger partial charge is 0.209 e. The first-order valence-corrected chi connectivity index (χ1v) is 6.37. The van der Waals surface area contributed by atoms with Gasteiger partial charge in [-0.25, -0.2) is 0 Å². The van der Waals surface area contributed by atoms with E-state index in [-0.39, 0.29) is 0 Å². The molecule has 0 unspecified atom stereocenters. The highest BCUT2D eigenvalue weighted by Crippen LogP contribution is 2.38. The highest BCUT2D eigenvalue weighted by atomic mass is 15.3. The lowest BCUT2D eigenvalue weighted by atomic mass is 9.78. The molecule has 0 amide bonds. The van der Waals surface area contributed by atoms with Gasteiger partial charge in [-0.3, -0.25) is 0 Å². The van der Waals surface area contributed by atoms with E-state index in [2.05, 4.69) is 23.2 Å². The molecule has 92 valence electrons. The van der Waals surface area contributed by atoms with Crippen molar-refractivity contribution in [1.82, 2.24) is 4.90 Å². The molecular formula is C14H16N4. The van der Waals surface area contributed by atoms with E-state index in [0.29, 0.717) is 11.9 Å². The van der Waals surface area contributed by atoms with Gasteiger partial charge in [0.15, 0.2) is 0 Å². The molecule has 1 aliphatic carbocycles. The van der Waals surface area contributed by atoms with Crippen molar-refractivity contribution in [2.24, 2.45) is 10.7 Å². The minimum atomic E-state index is 0.346. The lowest BCUT2D eigenvalue weighted by Gasteiger charge is -2.38. The minimum Gasteiger partial charge on any atom is -0.369 e. The molecule has 0 fully saturated rings. The van der Waals surface area contributed by atoms with E-state index >= 15 is 0 Å². The predicted molar refractivity (Wildman–Crippen MR) is 69.8 cm³/mol. The van der Waals surface area contributed by atoms with Crippen LogP contribution >= 0.6 is 0 Å². The van der Waals surface area contributed by atoms with Gasteiger partial charge >= 0.3 is 0 Å². The third-order valence-electron chi connectivity index (χ3n) is 3.98. The number of nitrogens with two attached hydrogens (primary N) is 1. The molecular weight excluding hydrogens is 224 g/mol. The van der Waals surface area contributed by atoms with E-state index in [1.54, 1.807) is 6.19 Å². The SMILES string of the molecule is N#CN=C(N)N1Cc2cccc3c2[C@@H](CCC3)C1.